The van der Waals surface area contributed by atoms with Crippen LogP contribution in [0.5, 0.6) is 0 Å². The molecule has 4 nitrogen and oxygen atoms in total. The summed E-state index contributed by atoms with van der Waals surface area (Å²) in [6, 6.07) is -0.0591. The Balaban J connectivity index is 2.68. The Kier molecular flexibility index (Phi) is 4.55. The van der Waals surface area contributed by atoms with Gasteiger partial charge in [-0.1, -0.05) is 20.8 Å². The van der Waals surface area contributed by atoms with Crippen LogP contribution in [-0.2, 0) is 4.79 Å². The third kappa shape index (κ3) is 3.68. The van der Waals surface area contributed by atoms with E-state index in [9.17, 15) is 4.79 Å². The van der Waals surface area contributed by atoms with Crippen molar-refractivity contribution in [1.29, 1.82) is 0 Å². The van der Waals surface area contributed by atoms with Crippen LogP contribution in [0.2, 0.25) is 0 Å². The molecule has 4 heteroatoms. The van der Waals surface area contributed by atoms with Crippen LogP contribution < -0.4 is 5.73 Å². The Labute approximate surface area is 105 Å². The first kappa shape index (κ1) is 14.5. The molecule has 0 aromatic carbocycles. The van der Waals surface area contributed by atoms with E-state index in [1.165, 1.54) is 0 Å². The van der Waals surface area contributed by atoms with E-state index in [2.05, 4.69) is 4.90 Å². The van der Waals surface area contributed by atoms with Crippen molar-refractivity contribution in [3.05, 3.63) is 0 Å². The van der Waals surface area contributed by atoms with Crippen LogP contribution >= 0.6 is 0 Å². The maximum Gasteiger partial charge on any atom is 0.240 e. The van der Waals surface area contributed by atoms with Crippen molar-refractivity contribution < 1.29 is 4.79 Å². The van der Waals surface area contributed by atoms with Gasteiger partial charge in [-0.2, -0.15) is 0 Å². The van der Waals surface area contributed by atoms with E-state index in [-0.39, 0.29) is 11.3 Å². The minimum atomic E-state index is -0.398. The van der Waals surface area contributed by atoms with E-state index in [4.69, 9.17) is 5.73 Å². The van der Waals surface area contributed by atoms with Gasteiger partial charge in [-0.15, -0.1) is 0 Å². The lowest BCUT2D eigenvalue weighted by Gasteiger charge is -2.34. The van der Waals surface area contributed by atoms with Crippen LogP contribution in [0.3, 0.4) is 0 Å². The molecule has 100 valence electrons. The lowest BCUT2D eigenvalue weighted by molar-refractivity contribution is -0.136. The summed E-state index contributed by atoms with van der Waals surface area (Å²) in [6.45, 7) is 7.86. The van der Waals surface area contributed by atoms with Crippen LogP contribution in [0.25, 0.3) is 0 Å². The van der Waals surface area contributed by atoms with E-state index in [1.54, 1.807) is 0 Å². The van der Waals surface area contributed by atoms with E-state index in [0.717, 1.165) is 25.9 Å². The molecule has 1 saturated heterocycles. The maximum atomic E-state index is 12.4. The third-order valence-corrected chi connectivity index (χ3v) is 3.44. The van der Waals surface area contributed by atoms with Gasteiger partial charge in [-0.25, -0.2) is 0 Å². The number of carbonyl (C=O) groups excluding carboxylic acids is 1. The first-order chi connectivity index (χ1) is 7.73. The van der Waals surface area contributed by atoms with E-state index in [0.29, 0.717) is 6.04 Å². The van der Waals surface area contributed by atoms with Crippen LogP contribution in [0.1, 0.15) is 33.6 Å². The van der Waals surface area contributed by atoms with Gasteiger partial charge in [0.15, 0.2) is 0 Å². The van der Waals surface area contributed by atoms with Crippen LogP contribution in [0.15, 0.2) is 0 Å². The number of rotatable bonds is 3. The summed E-state index contributed by atoms with van der Waals surface area (Å²) in [5.41, 5.74) is 5.90. The monoisotopic (exact) mass is 241 g/mol. The zero-order valence-corrected chi connectivity index (χ0v) is 11.9. The summed E-state index contributed by atoms with van der Waals surface area (Å²) in [5, 5.41) is 0. The van der Waals surface area contributed by atoms with Gasteiger partial charge in [0.1, 0.15) is 0 Å². The quantitative estimate of drug-likeness (QED) is 0.799. The fraction of sp³-hybridized carbons (Fsp3) is 0.923. The SMILES string of the molecule is CN(C)CC1CCCN1C(=O)[C@H](N)C(C)(C)C. The lowest BCUT2D eigenvalue weighted by atomic mass is 9.86. The first-order valence-corrected chi connectivity index (χ1v) is 6.44. The molecule has 1 fully saturated rings. The van der Waals surface area contributed by atoms with Gasteiger partial charge in [0.2, 0.25) is 5.91 Å². The number of hydrogen-bond acceptors (Lipinski definition) is 3. The molecular weight excluding hydrogens is 214 g/mol. The molecule has 1 unspecified atom stereocenters. The molecule has 17 heavy (non-hydrogen) atoms. The first-order valence-electron chi connectivity index (χ1n) is 6.44. The normalized spacial score (nSPS) is 23.2. The molecule has 0 aromatic heterocycles. The summed E-state index contributed by atoms with van der Waals surface area (Å²) in [7, 11) is 4.09. The van der Waals surface area contributed by atoms with Gasteiger partial charge in [0.05, 0.1) is 6.04 Å². The second-order valence-corrected chi connectivity index (χ2v) is 6.43. The van der Waals surface area contributed by atoms with Crippen molar-refractivity contribution in [2.75, 3.05) is 27.2 Å². The van der Waals surface area contributed by atoms with E-state index < -0.39 is 6.04 Å². The molecule has 1 rings (SSSR count). The Morgan fingerprint density at radius 3 is 2.53 bits per heavy atom. The molecule has 2 atom stereocenters. The average Bonchev–Trinajstić information content (AvgIpc) is 2.61. The zero-order chi connectivity index (χ0) is 13.2. The summed E-state index contributed by atoms with van der Waals surface area (Å²) >= 11 is 0. The second-order valence-electron chi connectivity index (χ2n) is 6.43. The van der Waals surface area contributed by atoms with E-state index >= 15 is 0 Å². The molecule has 0 bridgehead atoms. The van der Waals surface area contributed by atoms with Crippen molar-refractivity contribution >= 4 is 5.91 Å². The molecule has 2 N–H and O–H groups in total. The number of amides is 1. The number of likely N-dealkylation sites (tertiary alicyclic amines) is 1. The van der Waals surface area contributed by atoms with Crippen molar-refractivity contribution in [3.63, 3.8) is 0 Å². The standard InChI is InChI=1S/C13H27N3O/c1-13(2,3)11(14)12(17)16-8-6-7-10(16)9-15(4)5/h10-11H,6-9,14H2,1-5H3/t10?,11-/m0/s1. The van der Waals surface area contributed by atoms with Gasteiger partial charge >= 0.3 is 0 Å². The molecule has 0 aliphatic carbocycles. The van der Waals surface area contributed by atoms with Gasteiger partial charge in [0, 0.05) is 19.1 Å². The highest BCUT2D eigenvalue weighted by atomic mass is 16.2. The average molecular weight is 241 g/mol. The molecule has 0 saturated carbocycles. The van der Waals surface area contributed by atoms with Crippen molar-refractivity contribution in [1.82, 2.24) is 9.80 Å². The number of nitrogens with zero attached hydrogens (tertiary/aromatic N) is 2. The summed E-state index contributed by atoms with van der Waals surface area (Å²) in [6.07, 6.45) is 2.20. The number of likely N-dealkylation sites (N-methyl/N-ethyl adjacent to an activating group) is 1. The summed E-state index contributed by atoms with van der Waals surface area (Å²) in [4.78, 5) is 16.5. The third-order valence-electron chi connectivity index (χ3n) is 3.44. The van der Waals surface area contributed by atoms with Crippen molar-refractivity contribution in [3.8, 4) is 0 Å². The van der Waals surface area contributed by atoms with Crippen molar-refractivity contribution in [2.24, 2.45) is 11.1 Å². The zero-order valence-electron chi connectivity index (χ0n) is 11.9. The van der Waals surface area contributed by atoms with Gasteiger partial charge in [0.25, 0.3) is 0 Å². The van der Waals surface area contributed by atoms with Crippen molar-refractivity contribution in [2.45, 2.75) is 45.7 Å². The summed E-state index contributed by atoms with van der Waals surface area (Å²) in [5.74, 6) is 0.113. The fourth-order valence-electron chi connectivity index (χ4n) is 2.29. The van der Waals surface area contributed by atoms with Gasteiger partial charge < -0.3 is 15.5 Å². The number of carbonyl (C=O) groups is 1. The Bertz CT molecular complexity index is 270. The number of hydrogen-bond donors (Lipinski definition) is 1. The Hall–Kier alpha value is -0.610. The minimum Gasteiger partial charge on any atom is -0.337 e. The Morgan fingerprint density at radius 2 is 2.06 bits per heavy atom. The molecule has 0 spiro atoms. The van der Waals surface area contributed by atoms with Gasteiger partial charge in [-0.3, -0.25) is 4.79 Å². The van der Waals surface area contributed by atoms with Crippen LogP contribution in [-0.4, -0.2) is 55.0 Å². The molecule has 0 radical (unpaired) electrons. The van der Waals surface area contributed by atoms with Gasteiger partial charge in [-0.05, 0) is 32.4 Å². The highest BCUT2D eigenvalue weighted by Gasteiger charge is 2.36. The lowest BCUT2D eigenvalue weighted by Crippen LogP contribution is -2.53. The Morgan fingerprint density at radius 1 is 1.47 bits per heavy atom. The molecule has 0 aromatic rings. The fourth-order valence-corrected chi connectivity index (χ4v) is 2.29. The molecule has 1 aliphatic heterocycles. The van der Waals surface area contributed by atoms with E-state index in [1.807, 2.05) is 39.8 Å². The predicted octanol–water partition coefficient (Wildman–Crippen LogP) is 0.912. The van der Waals surface area contributed by atoms with Crippen LogP contribution in [0.4, 0.5) is 0 Å². The number of nitrogens with two attached hydrogens (primary N) is 1. The molecule has 1 aliphatic rings. The minimum absolute atomic E-state index is 0.113. The van der Waals surface area contributed by atoms with Crippen LogP contribution in [0, 0.1) is 5.41 Å². The summed E-state index contributed by atoms with van der Waals surface area (Å²) < 4.78 is 0. The topological polar surface area (TPSA) is 49.6 Å². The molecule has 1 heterocycles. The smallest absolute Gasteiger partial charge is 0.240 e. The maximum absolute atomic E-state index is 12.4. The largest absolute Gasteiger partial charge is 0.337 e. The highest BCUT2D eigenvalue weighted by molar-refractivity contribution is 5.83. The second kappa shape index (κ2) is 5.36. The highest BCUT2D eigenvalue weighted by Crippen LogP contribution is 2.24. The molecule has 1 amide bonds. The molecular formula is C13H27N3O. The predicted molar refractivity (Wildman–Crippen MR) is 70.7 cm³/mol.